The highest BCUT2D eigenvalue weighted by molar-refractivity contribution is 7.21. The topological polar surface area (TPSA) is 78.4 Å². The molecule has 29 heavy (non-hydrogen) atoms. The largest absolute Gasteiger partial charge is 0.357 e. The predicted octanol–water partition coefficient (Wildman–Crippen LogP) is 2.42. The summed E-state index contributed by atoms with van der Waals surface area (Å²) in [6.07, 6.45) is 7.37. The van der Waals surface area contributed by atoms with E-state index in [0.29, 0.717) is 19.0 Å². The van der Waals surface area contributed by atoms with E-state index in [9.17, 15) is 4.79 Å². The summed E-state index contributed by atoms with van der Waals surface area (Å²) < 4.78 is 0. The molecule has 3 aromatic heterocycles. The van der Waals surface area contributed by atoms with Gasteiger partial charge in [0, 0.05) is 37.9 Å². The second-order valence-electron chi connectivity index (χ2n) is 7.62. The van der Waals surface area contributed by atoms with E-state index in [1.807, 2.05) is 18.1 Å². The van der Waals surface area contributed by atoms with Crippen LogP contribution in [0, 0.1) is 0 Å². The van der Waals surface area contributed by atoms with Crippen molar-refractivity contribution in [2.45, 2.75) is 19.3 Å². The smallest absolute Gasteiger partial charge is 0.243 e. The molecule has 2 saturated heterocycles. The molecule has 0 aliphatic carbocycles. The van der Waals surface area contributed by atoms with Gasteiger partial charge in [-0.05, 0) is 38.4 Å². The zero-order chi connectivity index (χ0) is 19.8. The molecule has 5 rings (SSSR count). The van der Waals surface area contributed by atoms with E-state index in [-0.39, 0.29) is 5.91 Å². The molecular weight excluding hydrogens is 386 g/mol. The Hall–Kier alpha value is -2.65. The zero-order valence-corrected chi connectivity index (χ0v) is 17.2. The standard InChI is InChI=1S/C20H23N7OS/c1-25-9-10-27(17(28)13-25)20-22-12-15-19(24-20)29-18(23-15)14-5-6-16(21-11-14)26-7-3-2-4-8-26/h5-6,11-12H,2-4,7-10,13H2,1H3. The van der Waals surface area contributed by atoms with Gasteiger partial charge in [0.1, 0.15) is 21.2 Å². The zero-order valence-electron chi connectivity index (χ0n) is 16.4. The van der Waals surface area contributed by atoms with Gasteiger partial charge in [-0.15, -0.1) is 0 Å². The minimum Gasteiger partial charge on any atom is -0.357 e. The molecule has 2 aliphatic rings. The van der Waals surface area contributed by atoms with E-state index in [1.54, 1.807) is 11.1 Å². The fraction of sp³-hybridized carbons (Fsp3) is 0.450. The first-order chi connectivity index (χ1) is 14.2. The lowest BCUT2D eigenvalue weighted by molar-refractivity contribution is -0.120. The van der Waals surface area contributed by atoms with Gasteiger partial charge < -0.3 is 4.90 Å². The van der Waals surface area contributed by atoms with E-state index in [4.69, 9.17) is 0 Å². The SMILES string of the molecule is CN1CCN(c2ncc3nc(-c4ccc(N5CCCCC5)nc4)sc3n2)C(=O)C1. The first-order valence-corrected chi connectivity index (χ1v) is 10.8. The van der Waals surface area contributed by atoms with Crippen LogP contribution in [0.5, 0.6) is 0 Å². The van der Waals surface area contributed by atoms with Crippen LogP contribution in [0.2, 0.25) is 0 Å². The number of hydrogen-bond donors (Lipinski definition) is 0. The van der Waals surface area contributed by atoms with Crippen molar-refractivity contribution < 1.29 is 4.79 Å². The minimum absolute atomic E-state index is 0.0281. The normalized spacial score (nSPS) is 18.6. The van der Waals surface area contributed by atoms with E-state index < -0.39 is 0 Å². The number of likely N-dealkylation sites (N-methyl/N-ethyl adjacent to an activating group) is 1. The van der Waals surface area contributed by atoms with Crippen LogP contribution in [0.25, 0.3) is 20.9 Å². The van der Waals surface area contributed by atoms with Crippen molar-refractivity contribution in [3.63, 3.8) is 0 Å². The third-order valence-corrected chi connectivity index (χ3v) is 6.48. The van der Waals surface area contributed by atoms with Crippen LogP contribution < -0.4 is 9.80 Å². The Kier molecular flexibility index (Phi) is 4.84. The van der Waals surface area contributed by atoms with E-state index in [1.165, 1.54) is 30.6 Å². The van der Waals surface area contributed by atoms with Gasteiger partial charge in [0.25, 0.3) is 0 Å². The molecule has 2 aliphatic heterocycles. The molecule has 0 spiro atoms. The molecule has 0 saturated carbocycles. The van der Waals surface area contributed by atoms with Crippen molar-refractivity contribution >= 4 is 39.4 Å². The van der Waals surface area contributed by atoms with Crippen LogP contribution in [-0.2, 0) is 4.79 Å². The Morgan fingerprint density at radius 1 is 0.966 bits per heavy atom. The summed E-state index contributed by atoms with van der Waals surface area (Å²) in [6, 6.07) is 4.15. The Morgan fingerprint density at radius 2 is 1.83 bits per heavy atom. The van der Waals surface area contributed by atoms with Crippen molar-refractivity contribution in [2.24, 2.45) is 0 Å². The fourth-order valence-corrected chi connectivity index (χ4v) is 4.70. The van der Waals surface area contributed by atoms with Crippen molar-refractivity contribution in [2.75, 3.05) is 49.6 Å². The van der Waals surface area contributed by atoms with E-state index >= 15 is 0 Å². The van der Waals surface area contributed by atoms with Gasteiger partial charge in [-0.1, -0.05) is 11.3 Å². The van der Waals surface area contributed by atoms with Crippen LogP contribution in [0.3, 0.4) is 0 Å². The number of hydrogen-bond acceptors (Lipinski definition) is 8. The van der Waals surface area contributed by atoms with Gasteiger partial charge in [-0.3, -0.25) is 14.6 Å². The van der Waals surface area contributed by atoms with Crippen molar-refractivity contribution in [3.8, 4) is 10.6 Å². The number of aromatic nitrogens is 4. The quantitative estimate of drug-likeness (QED) is 0.657. The molecule has 0 unspecified atom stereocenters. The maximum Gasteiger partial charge on any atom is 0.243 e. The van der Waals surface area contributed by atoms with Crippen LogP contribution >= 0.6 is 11.3 Å². The number of rotatable bonds is 3. The summed E-state index contributed by atoms with van der Waals surface area (Å²) in [5, 5.41) is 0.869. The summed E-state index contributed by atoms with van der Waals surface area (Å²) in [5.74, 6) is 1.52. The molecule has 8 nitrogen and oxygen atoms in total. The first-order valence-electron chi connectivity index (χ1n) is 10.0. The Bertz CT molecular complexity index is 1030. The average molecular weight is 410 g/mol. The summed E-state index contributed by atoms with van der Waals surface area (Å²) in [4.78, 5) is 37.4. The number of thiazole rings is 1. The van der Waals surface area contributed by atoms with Gasteiger partial charge >= 0.3 is 0 Å². The highest BCUT2D eigenvalue weighted by atomic mass is 32.1. The number of fused-ring (bicyclic) bond motifs is 1. The van der Waals surface area contributed by atoms with Crippen LogP contribution in [0.15, 0.2) is 24.5 Å². The average Bonchev–Trinajstić information content (AvgIpc) is 3.18. The fourth-order valence-electron chi connectivity index (χ4n) is 3.81. The summed E-state index contributed by atoms with van der Waals surface area (Å²) in [5.41, 5.74) is 1.72. The molecule has 0 N–H and O–H groups in total. The number of nitrogens with zero attached hydrogens (tertiary/aromatic N) is 7. The molecular formula is C20H23N7OS. The van der Waals surface area contributed by atoms with Crippen molar-refractivity contribution in [1.82, 2.24) is 24.8 Å². The van der Waals surface area contributed by atoms with Crippen molar-refractivity contribution in [1.29, 1.82) is 0 Å². The van der Waals surface area contributed by atoms with Crippen LogP contribution in [-0.4, -0.2) is 70.5 Å². The Labute approximate surface area is 173 Å². The van der Waals surface area contributed by atoms with Gasteiger partial charge in [0.2, 0.25) is 11.9 Å². The predicted molar refractivity (Wildman–Crippen MR) is 114 cm³/mol. The van der Waals surface area contributed by atoms with E-state index in [2.05, 4.69) is 37.0 Å². The lowest BCUT2D eigenvalue weighted by atomic mass is 10.1. The number of amides is 1. The number of carbonyl (C=O) groups is 1. The minimum atomic E-state index is 0.0281. The third-order valence-electron chi connectivity index (χ3n) is 5.47. The molecule has 0 atom stereocenters. The van der Waals surface area contributed by atoms with Gasteiger partial charge in [-0.25, -0.2) is 15.0 Å². The van der Waals surface area contributed by atoms with Crippen LogP contribution in [0.4, 0.5) is 11.8 Å². The maximum absolute atomic E-state index is 12.3. The molecule has 0 radical (unpaired) electrons. The molecule has 3 aromatic rings. The molecule has 9 heteroatoms. The number of pyridine rings is 1. The first kappa shape index (κ1) is 18.4. The van der Waals surface area contributed by atoms with E-state index in [0.717, 1.165) is 46.4 Å². The monoisotopic (exact) mass is 409 g/mol. The molecule has 5 heterocycles. The summed E-state index contributed by atoms with van der Waals surface area (Å²) >= 11 is 1.51. The summed E-state index contributed by atoms with van der Waals surface area (Å²) in [7, 11) is 1.94. The highest BCUT2D eigenvalue weighted by Crippen LogP contribution is 2.30. The second-order valence-corrected chi connectivity index (χ2v) is 8.59. The van der Waals surface area contributed by atoms with Gasteiger partial charge in [0.15, 0.2) is 0 Å². The number of piperazine rings is 1. The van der Waals surface area contributed by atoms with Crippen molar-refractivity contribution in [3.05, 3.63) is 24.5 Å². The third kappa shape index (κ3) is 3.67. The van der Waals surface area contributed by atoms with Gasteiger partial charge in [0.05, 0.1) is 12.7 Å². The number of carbonyl (C=O) groups excluding carboxylic acids is 1. The highest BCUT2D eigenvalue weighted by Gasteiger charge is 2.25. The second kappa shape index (κ2) is 7.64. The maximum atomic E-state index is 12.3. The molecule has 2 fully saturated rings. The Morgan fingerprint density at radius 3 is 2.59 bits per heavy atom. The number of piperidine rings is 1. The molecule has 0 aromatic carbocycles. The number of anilines is 2. The Balaban J connectivity index is 1.39. The molecule has 1 amide bonds. The molecule has 150 valence electrons. The van der Waals surface area contributed by atoms with Crippen LogP contribution in [0.1, 0.15) is 19.3 Å². The lowest BCUT2D eigenvalue weighted by Gasteiger charge is -2.30. The summed E-state index contributed by atoms with van der Waals surface area (Å²) in [6.45, 7) is 3.97. The lowest BCUT2D eigenvalue weighted by Crippen LogP contribution is -2.49. The molecule has 0 bridgehead atoms. The van der Waals surface area contributed by atoms with Gasteiger partial charge in [-0.2, -0.15) is 4.98 Å².